The summed E-state index contributed by atoms with van der Waals surface area (Å²) in [7, 11) is -0.254. The maximum Gasteiger partial charge on any atom is 0.321 e. The smallest absolute Gasteiger partial charge is 0.321 e. The van der Waals surface area contributed by atoms with Gasteiger partial charge in [0.05, 0.1) is 5.75 Å². The number of carboxylic acid groups (broad SMARTS) is 3. The Balaban J connectivity index is 0. The summed E-state index contributed by atoms with van der Waals surface area (Å²) in [5.41, 5.74) is 16.0. The topological polar surface area (TPSA) is 224 Å². The van der Waals surface area contributed by atoms with E-state index in [2.05, 4.69) is 0 Å². The number of aliphatic carboxylic acids is 3. The lowest BCUT2D eigenvalue weighted by atomic mass is 10.0. The molecule has 11 nitrogen and oxygen atoms in total. The van der Waals surface area contributed by atoms with Crippen LogP contribution in [0.4, 0.5) is 0 Å². The van der Waals surface area contributed by atoms with Gasteiger partial charge in [0.1, 0.15) is 28.0 Å². The molecule has 0 rings (SSSR count). The fraction of sp³-hybridized carbons (Fsp3) is 0.812. The van der Waals surface area contributed by atoms with E-state index in [1.165, 1.54) is 21.6 Å². The van der Waals surface area contributed by atoms with Gasteiger partial charge >= 0.3 is 17.9 Å². The van der Waals surface area contributed by atoms with Crippen molar-refractivity contribution >= 4 is 49.3 Å². The summed E-state index contributed by atoms with van der Waals surface area (Å²) in [6.45, 7) is 7.67. The molecule has 0 amide bonds. The molecule has 0 aromatic carbocycles. The summed E-state index contributed by atoms with van der Waals surface area (Å²) in [6, 6.07) is -3.11. The minimum Gasteiger partial charge on any atom is -0.480 e. The Kier molecular flexibility index (Phi) is 13.2. The number of hydrogen-bond donors (Lipinski definition) is 6. The van der Waals surface area contributed by atoms with Gasteiger partial charge in [0.25, 0.3) is 0 Å². The number of rotatable bonds is 12. The summed E-state index contributed by atoms with van der Waals surface area (Å²) in [5.74, 6) is -3.85. The van der Waals surface area contributed by atoms with E-state index in [1.807, 2.05) is 27.7 Å². The molecule has 0 spiro atoms. The molecule has 0 aliphatic rings. The van der Waals surface area contributed by atoms with Gasteiger partial charge in [-0.3, -0.25) is 14.4 Å². The lowest BCUT2D eigenvalue weighted by Crippen LogP contribution is -2.38. The first-order valence-electron chi connectivity index (χ1n) is 8.69. The van der Waals surface area contributed by atoms with E-state index in [9.17, 15) is 22.8 Å². The highest BCUT2D eigenvalue weighted by atomic mass is 33.1. The summed E-state index contributed by atoms with van der Waals surface area (Å²) < 4.78 is 20.2. The normalized spacial score (nSPS) is 15.3. The lowest BCUT2D eigenvalue weighted by molar-refractivity contribution is -0.139. The van der Waals surface area contributed by atoms with Crippen LogP contribution in [0.5, 0.6) is 0 Å². The number of sulfone groups is 1. The molecule has 3 atom stereocenters. The van der Waals surface area contributed by atoms with Crippen molar-refractivity contribution in [2.24, 2.45) is 17.2 Å². The second kappa shape index (κ2) is 12.7. The average molecular weight is 492 g/mol. The monoisotopic (exact) mass is 491 g/mol. The molecular weight excluding hydrogens is 458 g/mol. The van der Waals surface area contributed by atoms with E-state index in [1.54, 1.807) is 0 Å². The predicted molar refractivity (Wildman–Crippen MR) is 119 cm³/mol. The summed E-state index contributed by atoms with van der Waals surface area (Å²) in [4.78, 5) is 31.5. The van der Waals surface area contributed by atoms with Crippen molar-refractivity contribution in [1.82, 2.24) is 0 Å². The molecule has 0 saturated heterocycles. The van der Waals surface area contributed by atoms with Gasteiger partial charge in [0.2, 0.25) is 0 Å². The predicted octanol–water partition coefficient (Wildman–Crippen LogP) is -0.0281. The zero-order valence-corrected chi connectivity index (χ0v) is 20.1. The van der Waals surface area contributed by atoms with E-state index in [-0.39, 0.29) is 9.49 Å². The molecule has 30 heavy (non-hydrogen) atoms. The molecule has 0 radical (unpaired) electrons. The third-order valence-corrected chi connectivity index (χ3v) is 8.59. The van der Waals surface area contributed by atoms with Gasteiger partial charge in [-0.05, 0) is 40.5 Å². The molecular formula is C16H33N3O8S3. The number of carbonyl (C=O) groups is 3. The van der Waals surface area contributed by atoms with E-state index in [4.69, 9.17) is 32.5 Å². The first-order chi connectivity index (χ1) is 13.2. The van der Waals surface area contributed by atoms with Crippen LogP contribution in [0.2, 0.25) is 0 Å². The molecule has 1 unspecified atom stereocenters. The Morgan fingerprint density at radius 1 is 0.767 bits per heavy atom. The first-order valence-corrected chi connectivity index (χ1v) is 12.9. The van der Waals surface area contributed by atoms with Crippen molar-refractivity contribution in [3.05, 3.63) is 0 Å². The molecule has 14 heteroatoms. The highest BCUT2D eigenvalue weighted by Gasteiger charge is 2.31. The Hall–Kier alpha value is -1.06. The fourth-order valence-electron chi connectivity index (χ4n) is 1.92. The Labute approximate surface area is 184 Å². The van der Waals surface area contributed by atoms with Crippen LogP contribution in [-0.2, 0) is 24.2 Å². The van der Waals surface area contributed by atoms with Crippen molar-refractivity contribution in [3.8, 4) is 0 Å². The third-order valence-electron chi connectivity index (χ3n) is 3.35. The molecule has 0 aromatic heterocycles. The van der Waals surface area contributed by atoms with Crippen LogP contribution in [0.15, 0.2) is 0 Å². The van der Waals surface area contributed by atoms with Gasteiger partial charge in [-0.15, -0.1) is 0 Å². The first kappa shape index (κ1) is 31.1. The summed E-state index contributed by atoms with van der Waals surface area (Å²) >= 11 is 0. The van der Waals surface area contributed by atoms with Gasteiger partial charge in [-0.1, -0.05) is 21.6 Å². The molecule has 0 bridgehead atoms. The highest BCUT2D eigenvalue weighted by Crippen LogP contribution is 2.46. The van der Waals surface area contributed by atoms with Crippen LogP contribution >= 0.6 is 21.6 Å². The van der Waals surface area contributed by atoms with Crippen LogP contribution in [0, 0.1) is 0 Å². The van der Waals surface area contributed by atoms with Crippen molar-refractivity contribution in [3.63, 3.8) is 0 Å². The van der Waals surface area contributed by atoms with E-state index in [0.29, 0.717) is 12.8 Å². The minimum absolute atomic E-state index is 0.326. The van der Waals surface area contributed by atoms with Crippen LogP contribution in [0.1, 0.15) is 40.5 Å². The molecule has 0 fully saturated rings. The largest absolute Gasteiger partial charge is 0.480 e. The lowest BCUT2D eigenvalue weighted by Gasteiger charge is -2.31. The van der Waals surface area contributed by atoms with Crippen molar-refractivity contribution in [2.45, 2.75) is 68.2 Å². The zero-order chi connectivity index (χ0) is 24.5. The maximum atomic E-state index is 10.8. The average Bonchev–Trinajstić information content (AvgIpc) is 2.51. The van der Waals surface area contributed by atoms with Crippen LogP contribution in [0.25, 0.3) is 0 Å². The van der Waals surface area contributed by atoms with Crippen LogP contribution in [-0.4, -0.2) is 81.3 Å². The molecule has 0 aromatic rings. The van der Waals surface area contributed by atoms with Gasteiger partial charge in [0.15, 0.2) is 0 Å². The van der Waals surface area contributed by atoms with Gasteiger partial charge in [-0.25, -0.2) is 8.42 Å². The second-order valence-electron chi connectivity index (χ2n) is 8.02. The Morgan fingerprint density at radius 2 is 1.03 bits per heavy atom. The van der Waals surface area contributed by atoms with Gasteiger partial charge in [0, 0.05) is 15.7 Å². The maximum absolute atomic E-state index is 10.8. The third kappa shape index (κ3) is 16.7. The van der Waals surface area contributed by atoms with E-state index < -0.39 is 51.6 Å². The fourth-order valence-corrected chi connectivity index (χ4v) is 5.43. The second-order valence-corrected chi connectivity index (χ2v) is 13.7. The van der Waals surface area contributed by atoms with Crippen molar-refractivity contribution in [1.29, 1.82) is 0 Å². The van der Waals surface area contributed by atoms with Crippen LogP contribution < -0.4 is 17.2 Å². The summed E-state index contributed by atoms with van der Waals surface area (Å²) in [5, 5.41) is 25.8. The Bertz CT molecular complexity index is 664. The SMILES string of the molecule is CC(C)(CC(N)C(=O)O)SSC(C)(C)C[C@@H](N)C(=O)O.CS(=O)(=O)C[C@H](N)C(=O)O. The molecule has 0 heterocycles. The summed E-state index contributed by atoms with van der Waals surface area (Å²) in [6.07, 6.45) is 1.61. The number of carboxylic acids is 3. The number of nitrogens with two attached hydrogens (primary N) is 3. The molecule has 0 aliphatic carbocycles. The minimum atomic E-state index is -3.27. The van der Waals surface area contributed by atoms with Gasteiger partial charge < -0.3 is 32.5 Å². The van der Waals surface area contributed by atoms with E-state index in [0.717, 1.165) is 6.26 Å². The molecule has 9 N–H and O–H groups in total. The highest BCUT2D eigenvalue weighted by molar-refractivity contribution is 8.77. The standard InChI is InChI=1S/C12H24N2O4S2.C4H9NO4S/c1-11(2,5-7(13)9(15)16)19-20-12(3,4)6-8(14)10(17)18;1-10(8,9)2-3(5)4(6)7/h7-8H,5-6,13-14H2,1-4H3,(H,15,16)(H,17,18);3H,2,5H2,1H3,(H,6,7)/t7-,8?;3-/m10/s1. The molecule has 0 saturated carbocycles. The van der Waals surface area contributed by atoms with Crippen LogP contribution in [0.3, 0.4) is 0 Å². The zero-order valence-electron chi connectivity index (χ0n) is 17.7. The Morgan fingerprint density at radius 3 is 1.20 bits per heavy atom. The quantitative estimate of drug-likeness (QED) is 0.197. The van der Waals surface area contributed by atoms with E-state index >= 15 is 0 Å². The van der Waals surface area contributed by atoms with Crippen molar-refractivity contribution in [2.75, 3.05) is 12.0 Å². The van der Waals surface area contributed by atoms with Crippen molar-refractivity contribution < 1.29 is 38.1 Å². The number of hydrogen-bond acceptors (Lipinski definition) is 10. The molecule has 178 valence electrons. The van der Waals surface area contributed by atoms with Gasteiger partial charge in [-0.2, -0.15) is 0 Å². The molecule has 0 aliphatic heterocycles.